The van der Waals surface area contributed by atoms with Gasteiger partial charge in [-0.3, -0.25) is 19.3 Å². The molecule has 0 fully saturated rings. The Hall–Kier alpha value is -2.87. The molecule has 0 saturated carbocycles. The van der Waals surface area contributed by atoms with E-state index in [-0.39, 0.29) is 12.5 Å². The van der Waals surface area contributed by atoms with Crippen LogP contribution in [0.3, 0.4) is 0 Å². The Morgan fingerprint density at radius 1 is 1.33 bits per heavy atom. The van der Waals surface area contributed by atoms with Crippen molar-refractivity contribution in [2.75, 3.05) is 20.1 Å². The number of nitrogens with one attached hydrogen (secondary N) is 2. The van der Waals surface area contributed by atoms with Crippen LogP contribution in [-0.2, 0) is 21.6 Å². The maximum atomic E-state index is 9.92. The molecule has 2 aromatic rings. The highest BCUT2D eigenvalue weighted by molar-refractivity contribution is 7.79. The molecule has 1 aromatic carbocycles. The number of rotatable bonds is 4. The SMILES string of the molecule is CN(CC(=O)O)C(=N)N.NCCc1c[nH]c2ccc(O)cc12.O=S(=O)(O)O. The second-order valence-corrected chi connectivity index (χ2v) is 6.06. The number of nitrogens with two attached hydrogens (primary N) is 2. The highest BCUT2D eigenvalue weighted by Crippen LogP contribution is 2.22. The number of hydrogen-bond donors (Lipinski definition) is 8. The number of benzene rings is 1. The quantitative estimate of drug-likeness (QED) is 0.187. The first-order valence-corrected chi connectivity index (χ1v) is 8.70. The fourth-order valence-corrected chi connectivity index (χ4v) is 1.82. The van der Waals surface area contributed by atoms with E-state index in [1.165, 1.54) is 7.05 Å². The zero-order chi connectivity index (χ0) is 21.2. The van der Waals surface area contributed by atoms with Gasteiger partial charge >= 0.3 is 16.4 Å². The van der Waals surface area contributed by atoms with Crippen molar-refractivity contribution in [1.29, 1.82) is 5.41 Å². The molecular weight excluding hydrogens is 382 g/mol. The van der Waals surface area contributed by atoms with Crippen molar-refractivity contribution in [2.45, 2.75) is 6.42 Å². The van der Waals surface area contributed by atoms with Crippen molar-refractivity contribution in [3.63, 3.8) is 0 Å². The predicted molar refractivity (Wildman–Crippen MR) is 99.1 cm³/mol. The molecule has 12 nitrogen and oxygen atoms in total. The monoisotopic (exact) mass is 405 g/mol. The molecule has 13 heteroatoms. The van der Waals surface area contributed by atoms with E-state index in [1.54, 1.807) is 12.1 Å². The lowest BCUT2D eigenvalue weighted by Gasteiger charge is -2.12. The van der Waals surface area contributed by atoms with Gasteiger partial charge in [0, 0.05) is 24.1 Å². The number of guanidine groups is 1. The summed E-state index contributed by atoms with van der Waals surface area (Å²) in [4.78, 5) is 14.2. The van der Waals surface area contributed by atoms with Gasteiger partial charge < -0.3 is 31.6 Å². The summed E-state index contributed by atoms with van der Waals surface area (Å²) in [5.74, 6) is -0.935. The molecule has 0 unspecified atom stereocenters. The first-order chi connectivity index (χ1) is 12.3. The number of H-pyrrole nitrogens is 1. The summed E-state index contributed by atoms with van der Waals surface area (Å²) < 4.78 is 31.6. The van der Waals surface area contributed by atoms with Crippen molar-refractivity contribution in [3.8, 4) is 5.75 Å². The Bertz CT molecular complexity index is 858. The second kappa shape index (κ2) is 11.0. The average Bonchev–Trinajstić information content (AvgIpc) is 2.88. The Kier molecular flexibility index (Phi) is 9.81. The van der Waals surface area contributed by atoms with Crippen molar-refractivity contribution < 1.29 is 32.5 Å². The number of fused-ring (bicyclic) bond motifs is 1. The molecular formula is C14H23N5O7S. The van der Waals surface area contributed by atoms with Crippen molar-refractivity contribution in [3.05, 3.63) is 30.0 Å². The van der Waals surface area contributed by atoms with E-state index in [1.807, 2.05) is 12.3 Å². The minimum atomic E-state index is -4.67. The molecule has 0 saturated heterocycles. The number of phenolic OH excluding ortho intramolecular Hbond substituents is 1. The fraction of sp³-hybridized carbons (Fsp3) is 0.286. The van der Waals surface area contributed by atoms with Crippen LogP contribution >= 0.6 is 0 Å². The normalized spacial score (nSPS) is 10.2. The largest absolute Gasteiger partial charge is 0.508 e. The number of aromatic amines is 1. The summed E-state index contributed by atoms with van der Waals surface area (Å²) in [7, 11) is -3.23. The smallest absolute Gasteiger partial charge is 0.394 e. The highest BCUT2D eigenvalue weighted by Gasteiger charge is 2.03. The molecule has 10 N–H and O–H groups in total. The van der Waals surface area contributed by atoms with Crippen LogP contribution in [0.25, 0.3) is 10.9 Å². The zero-order valence-electron chi connectivity index (χ0n) is 14.5. The average molecular weight is 405 g/mol. The van der Waals surface area contributed by atoms with Crippen LogP contribution in [0.1, 0.15) is 5.56 Å². The summed E-state index contributed by atoms with van der Waals surface area (Å²) in [6.45, 7) is 0.401. The highest BCUT2D eigenvalue weighted by atomic mass is 32.3. The van der Waals surface area contributed by atoms with Crippen molar-refractivity contribution in [1.82, 2.24) is 9.88 Å². The van der Waals surface area contributed by atoms with Gasteiger partial charge in [0.05, 0.1) is 0 Å². The third kappa shape index (κ3) is 11.4. The molecule has 1 aromatic heterocycles. The number of carbonyl (C=O) groups is 1. The van der Waals surface area contributed by atoms with E-state index in [0.717, 1.165) is 27.8 Å². The Balaban J connectivity index is 0.000000423. The second-order valence-electron chi connectivity index (χ2n) is 5.17. The Morgan fingerprint density at radius 3 is 2.30 bits per heavy atom. The molecule has 2 rings (SSSR count). The molecule has 0 aliphatic heterocycles. The molecule has 1 heterocycles. The number of nitrogens with zero attached hydrogens (tertiary/aromatic N) is 1. The van der Waals surface area contributed by atoms with Crippen molar-refractivity contribution in [2.24, 2.45) is 11.5 Å². The fourth-order valence-electron chi connectivity index (χ4n) is 1.82. The first kappa shape index (κ1) is 24.1. The van der Waals surface area contributed by atoms with E-state index < -0.39 is 16.4 Å². The third-order valence-electron chi connectivity index (χ3n) is 2.95. The van der Waals surface area contributed by atoms with Crippen LogP contribution in [0, 0.1) is 5.41 Å². The maximum Gasteiger partial charge on any atom is 0.394 e. The minimum absolute atomic E-state index is 0.227. The van der Waals surface area contributed by atoms with Crippen molar-refractivity contribution >= 4 is 33.2 Å². The first-order valence-electron chi connectivity index (χ1n) is 7.31. The number of aromatic nitrogens is 1. The van der Waals surface area contributed by atoms with Gasteiger partial charge in [0.15, 0.2) is 5.96 Å². The summed E-state index contributed by atoms with van der Waals surface area (Å²) in [6.07, 6.45) is 2.78. The summed E-state index contributed by atoms with van der Waals surface area (Å²) >= 11 is 0. The summed E-state index contributed by atoms with van der Waals surface area (Å²) in [6, 6.07) is 5.30. The number of likely N-dealkylation sites (N-methyl/N-ethyl adjacent to an activating group) is 1. The summed E-state index contributed by atoms with van der Waals surface area (Å²) in [5.41, 5.74) is 12.6. The Labute approximate surface area is 155 Å². The van der Waals surface area contributed by atoms with Gasteiger partial charge in [-0.05, 0) is 36.7 Å². The molecule has 0 aliphatic carbocycles. The van der Waals surface area contributed by atoms with Gasteiger partial charge in [-0.15, -0.1) is 0 Å². The van der Waals surface area contributed by atoms with Gasteiger partial charge in [0.25, 0.3) is 0 Å². The van der Waals surface area contributed by atoms with E-state index in [2.05, 4.69) is 4.98 Å². The molecule has 0 atom stereocenters. The number of aromatic hydroxyl groups is 1. The molecule has 0 amide bonds. The number of phenols is 1. The van der Waals surface area contributed by atoms with E-state index >= 15 is 0 Å². The molecule has 152 valence electrons. The summed E-state index contributed by atoms with van der Waals surface area (Å²) in [5, 5.41) is 25.2. The van der Waals surface area contributed by atoms with Gasteiger partial charge in [0.1, 0.15) is 12.3 Å². The molecule has 0 spiro atoms. The number of carboxylic acids is 1. The van der Waals surface area contributed by atoms with Crippen LogP contribution in [0.2, 0.25) is 0 Å². The standard InChI is InChI=1S/C10H12N2O.C4H9N3O2.H2O4S/c11-4-3-7-6-12-10-2-1-8(13)5-9(7)10;1-7(4(5)6)2-3(8)9;1-5(2,3)4/h1-2,5-6,12-13H,3-4,11H2;2H2,1H3,(H3,5,6)(H,8,9);(H2,1,2,3,4). The lowest BCUT2D eigenvalue weighted by atomic mass is 10.1. The molecule has 27 heavy (non-hydrogen) atoms. The maximum absolute atomic E-state index is 9.92. The zero-order valence-corrected chi connectivity index (χ0v) is 15.3. The topological polar surface area (TPSA) is 227 Å². The number of carboxylic acid groups (broad SMARTS) is 1. The number of aliphatic carboxylic acids is 1. The molecule has 0 bridgehead atoms. The molecule has 0 aliphatic rings. The third-order valence-corrected chi connectivity index (χ3v) is 2.95. The lowest BCUT2D eigenvalue weighted by Crippen LogP contribution is -2.36. The van der Waals surface area contributed by atoms with Gasteiger partial charge in [-0.1, -0.05) is 0 Å². The molecule has 0 radical (unpaired) electrons. The number of hydrogen-bond acceptors (Lipinski definition) is 6. The van der Waals surface area contributed by atoms with E-state index in [4.69, 9.17) is 39.5 Å². The van der Waals surface area contributed by atoms with Crippen LogP contribution in [0.4, 0.5) is 0 Å². The lowest BCUT2D eigenvalue weighted by molar-refractivity contribution is -0.137. The van der Waals surface area contributed by atoms with E-state index in [0.29, 0.717) is 12.3 Å². The predicted octanol–water partition coefficient (Wildman–Crippen LogP) is -0.382. The van der Waals surface area contributed by atoms with Crippen LogP contribution in [-0.4, -0.2) is 69.7 Å². The van der Waals surface area contributed by atoms with Crippen LogP contribution < -0.4 is 11.5 Å². The van der Waals surface area contributed by atoms with Crippen LogP contribution in [0.15, 0.2) is 24.4 Å². The minimum Gasteiger partial charge on any atom is -0.508 e. The van der Waals surface area contributed by atoms with Crippen LogP contribution in [0.5, 0.6) is 5.75 Å². The van der Waals surface area contributed by atoms with Gasteiger partial charge in [-0.25, -0.2) is 0 Å². The van der Waals surface area contributed by atoms with Gasteiger partial charge in [-0.2, -0.15) is 8.42 Å². The Morgan fingerprint density at radius 2 is 1.89 bits per heavy atom. The van der Waals surface area contributed by atoms with Gasteiger partial charge in [0.2, 0.25) is 0 Å². The van der Waals surface area contributed by atoms with E-state index in [9.17, 15) is 9.90 Å².